The first-order valence-electron chi connectivity index (χ1n) is 12.1. The summed E-state index contributed by atoms with van der Waals surface area (Å²) >= 11 is 12.4. The second kappa shape index (κ2) is 10.4. The molecule has 0 radical (unpaired) electrons. The molecule has 15 heteroatoms. The van der Waals surface area contributed by atoms with E-state index in [1.54, 1.807) is 24.3 Å². The summed E-state index contributed by atoms with van der Waals surface area (Å²) in [6.07, 6.45) is -6.56. The Bertz CT molecular complexity index is 1630. The topological polar surface area (TPSA) is 120 Å². The lowest BCUT2D eigenvalue weighted by Crippen LogP contribution is -2.37. The maximum absolute atomic E-state index is 13.3. The van der Waals surface area contributed by atoms with Crippen molar-refractivity contribution in [2.75, 3.05) is 0 Å². The van der Waals surface area contributed by atoms with Crippen LogP contribution in [0.25, 0.3) is 17.1 Å². The van der Waals surface area contributed by atoms with Crippen LogP contribution in [0.1, 0.15) is 31.4 Å². The van der Waals surface area contributed by atoms with Crippen LogP contribution in [0.2, 0.25) is 10.0 Å². The number of aromatic nitrogens is 6. The van der Waals surface area contributed by atoms with Crippen molar-refractivity contribution in [2.45, 2.75) is 50.7 Å². The number of benzene rings is 2. The summed E-state index contributed by atoms with van der Waals surface area (Å²) in [5.74, 6) is 0.132. The number of amides is 1. The third-order valence-corrected chi connectivity index (χ3v) is 6.95. The van der Waals surface area contributed by atoms with E-state index < -0.39 is 30.1 Å². The van der Waals surface area contributed by atoms with E-state index in [1.807, 2.05) is 0 Å². The Kier molecular flexibility index (Phi) is 7.23. The lowest BCUT2D eigenvalue weighted by Gasteiger charge is -2.17. The van der Waals surface area contributed by atoms with Crippen LogP contribution in [-0.4, -0.2) is 52.4 Å². The van der Waals surface area contributed by atoms with Crippen molar-refractivity contribution in [3.8, 4) is 17.1 Å². The van der Waals surface area contributed by atoms with Crippen molar-refractivity contribution >= 4 is 29.1 Å². The molecule has 0 unspecified atom stereocenters. The van der Waals surface area contributed by atoms with E-state index in [1.165, 1.54) is 35.9 Å². The Labute approximate surface area is 235 Å². The minimum Gasteiger partial charge on any atom is -0.382 e. The molecule has 210 valence electrons. The molecular weight excluding hydrogens is 574 g/mol. The molecule has 4 aromatic rings. The third kappa shape index (κ3) is 5.49. The lowest BCUT2D eigenvalue weighted by atomic mass is 10.2. The molecule has 0 aliphatic heterocycles. The minimum absolute atomic E-state index is 0.104. The molecular formula is C25H22Cl2F3N7O3. The summed E-state index contributed by atoms with van der Waals surface area (Å²) in [5, 5.41) is 22.2. The second-order valence-corrected chi connectivity index (χ2v) is 10.3. The van der Waals surface area contributed by atoms with Gasteiger partial charge in [0, 0.05) is 17.5 Å². The number of hydrogen-bond acceptors (Lipinski definition) is 6. The second-order valence-electron chi connectivity index (χ2n) is 9.42. The van der Waals surface area contributed by atoms with E-state index in [2.05, 4.69) is 20.5 Å². The number of carbonyl (C=O) groups is 1. The van der Waals surface area contributed by atoms with Crippen molar-refractivity contribution in [3.05, 3.63) is 80.7 Å². The molecule has 1 aliphatic carbocycles. The van der Waals surface area contributed by atoms with Crippen LogP contribution in [-0.2, 0) is 23.4 Å². The van der Waals surface area contributed by atoms with Crippen molar-refractivity contribution in [1.29, 1.82) is 0 Å². The van der Waals surface area contributed by atoms with E-state index in [0.717, 1.165) is 9.25 Å². The van der Waals surface area contributed by atoms with Gasteiger partial charge in [0.05, 0.1) is 17.3 Å². The fourth-order valence-electron chi connectivity index (χ4n) is 4.32. The summed E-state index contributed by atoms with van der Waals surface area (Å²) in [6, 6.07) is 12.9. The average molecular weight is 596 g/mol. The van der Waals surface area contributed by atoms with Crippen molar-refractivity contribution in [1.82, 2.24) is 34.4 Å². The van der Waals surface area contributed by atoms with Crippen molar-refractivity contribution in [2.24, 2.45) is 0 Å². The van der Waals surface area contributed by atoms with Crippen LogP contribution in [0, 0.1) is 0 Å². The smallest absolute Gasteiger partial charge is 0.382 e. The normalized spacial score (nSPS) is 15.2. The van der Waals surface area contributed by atoms with Gasteiger partial charge in [0.15, 0.2) is 23.6 Å². The van der Waals surface area contributed by atoms with Gasteiger partial charge in [0.2, 0.25) is 5.91 Å². The monoisotopic (exact) mass is 595 g/mol. The van der Waals surface area contributed by atoms with Gasteiger partial charge in [-0.25, -0.2) is 19.1 Å². The number of alkyl halides is 3. The molecule has 1 atom stereocenters. The van der Waals surface area contributed by atoms with Gasteiger partial charge in [-0.05, 0) is 49.2 Å². The molecule has 0 saturated heterocycles. The van der Waals surface area contributed by atoms with Crippen LogP contribution in [0.15, 0.2) is 53.3 Å². The van der Waals surface area contributed by atoms with E-state index in [0.29, 0.717) is 40.0 Å². The zero-order valence-corrected chi connectivity index (χ0v) is 22.4. The SMILES string of the molecule is CC(=O)NC1(c2nc(Cn3nc(-c4ccc(Cl)cc4)n(C[C@H](O)C(F)(F)F)c3=O)nn2-c2ccccc2Cl)CC1. The molecule has 1 saturated carbocycles. The Morgan fingerprint density at radius 2 is 1.80 bits per heavy atom. The Morgan fingerprint density at radius 3 is 2.40 bits per heavy atom. The summed E-state index contributed by atoms with van der Waals surface area (Å²) in [6.45, 7) is 0.00483. The third-order valence-electron chi connectivity index (χ3n) is 6.37. The van der Waals surface area contributed by atoms with Crippen LogP contribution in [0.5, 0.6) is 0 Å². The predicted octanol–water partition coefficient (Wildman–Crippen LogP) is 3.70. The van der Waals surface area contributed by atoms with Crippen LogP contribution in [0.4, 0.5) is 13.2 Å². The molecule has 5 rings (SSSR count). The summed E-state index contributed by atoms with van der Waals surface area (Å²) in [4.78, 5) is 29.8. The lowest BCUT2D eigenvalue weighted by molar-refractivity contribution is -0.207. The zero-order chi connectivity index (χ0) is 28.8. The number of nitrogens with zero attached hydrogens (tertiary/aromatic N) is 6. The van der Waals surface area contributed by atoms with Crippen LogP contribution >= 0.6 is 23.2 Å². The molecule has 10 nitrogen and oxygen atoms in total. The highest BCUT2D eigenvalue weighted by atomic mass is 35.5. The zero-order valence-electron chi connectivity index (χ0n) is 20.9. The first-order valence-corrected chi connectivity index (χ1v) is 12.8. The highest BCUT2D eigenvalue weighted by Crippen LogP contribution is 2.45. The van der Waals surface area contributed by atoms with Gasteiger partial charge in [0.25, 0.3) is 0 Å². The van der Waals surface area contributed by atoms with E-state index in [4.69, 9.17) is 23.2 Å². The minimum atomic E-state index is -4.95. The highest BCUT2D eigenvalue weighted by molar-refractivity contribution is 6.32. The number of hydrogen-bond donors (Lipinski definition) is 2. The molecule has 40 heavy (non-hydrogen) atoms. The summed E-state index contributed by atoms with van der Waals surface area (Å²) in [7, 11) is 0. The van der Waals surface area contributed by atoms with Crippen molar-refractivity contribution in [3.63, 3.8) is 0 Å². The predicted molar refractivity (Wildman–Crippen MR) is 139 cm³/mol. The van der Waals surface area contributed by atoms with Gasteiger partial charge in [-0.3, -0.25) is 9.36 Å². The highest BCUT2D eigenvalue weighted by Gasteiger charge is 2.50. The molecule has 2 heterocycles. The summed E-state index contributed by atoms with van der Waals surface area (Å²) in [5.41, 5.74) is -0.895. The number of para-hydroxylation sites is 1. The Balaban J connectivity index is 1.59. The molecule has 2 aromatic carbocycles. The van der Waals surface area contributed by atoms with Crippen molar-refractivity contribution < 1.29 is 23.1 Å². The molecule has 1 fully saturated rings. The van der Waals surface area contributed by atoms with Crippen LogP contribution in [0.3, 0.4) is 0 Å². The molecule has 2 aromatic heterocycles. The van der Waals surface area contributed by atoms with Crippen LogP contribution < -0.4 is 11.0 Å². The largest absolute Gasteiger partial charge is 0.416 e. The maximum Gasteiger partial charge on any atom is 0.416 e. The molecule has 0 bridgehead atoms. The first-order chi connectivity index (χ1) is 18.9. The van der Waals surface area contributed by atoms with E-state index in [9.17, 15) is 27.9 Å². The van der Waals surface area contributed by atoms with Gasteiger partial charge in [0.1, 0.15) is 12.1 Å². The fourth-order valence-corrected chi connectivity index (χ4v) is 4.66. The molecule has 0 spiro atoms. The maximum atomic E-state index is 13.3. The Hall–Kier alpha value is -3.68. The van der Waals surface area contributed by atoms with E-state index >= 15 is 0 Å². The fraction of sp³-hybridized carbons (Fsp3) is 0.320. The Morgan fingerprint density at radius 1 is 1.12 bits per heavy atom. The average Bonchev–Trinajstić information content (AvgIpc) is 3.42. The first kappa shape index (κ1) is 27.9. The van der Waals surface area contributed by atoms with Gasteiger partial charge in [-0.15, -0.1) is 10.2 Å². The molecule has 2 N–H and O–H groups in total. The number of aliphatic hydroxyl groups is 1. The van der Waals surface area contributed by atoms with Gasteiger partial charge in [-0.1, -0.05) is 35.3 Å². The standard InChI is InChI=1S/C25H22Cl2F3N7O3/c1-14(38)32-24(10-11-24)22-31-20(33-37(22)18-5-3-2-4-17(18)27)13-36-23(40)35(12-19(39)25(28,29)30)21(34-36)15-6-8-16(26)9-7-15/h2-9,19,39H,10-13H2,1H3,(H,32,38)/t19-/m0/s1. The van der Waals surface area contributed by atoms with E-state index in [-0.39, 0.29) is 24.1 Å². The number of nitrogens with one attached hydrogen (secondary N) is 1. The quantitative estimate of drug-likeness (QED) is 0.320. The van der Waals surface area contributed by atoms with Gasteiger partial charge >= 0.3 is 11.9 Å². The van der Waals surface area contributed by atoms with Gasteiger partial charge < -0.3 is 10.4 Å². The number of halogens is 5. The number of aliphatic hydroxyl groups excluding tert-OH is 1. The van der Waals surface area contributed by atoms with Gasteiger partial charge in [-0.2, -0.15) is 13.2 Å². The molecule has 1 aliphatic rings. The number of carbonyl (C=O) groups excluding carboxylic acids is 1. The number of rotatable bonds is 8. The molecule has 1 amide bonds. The summed E-state index contributed by atoms with van der Waals surface area (Å²) < 4.78 is 42.7.